The molecule has 32 heavy (non-hydrogen) atoms. The topological polar surface area (TPSA) is 117 Å². The van der Waals surface area contributed by atoms with E-state index in [1.54, 1.807) is 11.4 Å². The monoisotopic (exact) mass is 519 g/mol. The Bertz CT molecular complexity index is 1180. The van der Waals surface area contributed by atoms with E-state index < -0.39 is 15.8 Å². The molecule has 1 aliphatic rings. The molecule has 1 amide bonds. The van der Waals surface area contributed by atoms with Crippen molar-refractivity contribution >= 4 is 72.0 Å². The zero-order valence-corrected chi connectivity index (χ0v) is 20.2. The maximum Gasteiger partial charge on any atom is 0.271 e. The van der Waals surface area contributed by atoms with Gasteiger partial charge in [0.1, 0.15) is 4.21 Å². The van der Waals surface area contributed by atoms with Crippen molar-refractivity contribution in [2.24, 2.45) is 11.7 Å². The second kappa shape index (κ2) is 10.4. The summed E-state index contributed by atoms with van der Waals surface area (Å²) in [5.41, 5.74) is 5.78. The number of rotatable bonds is 7. The summed E-state index contributed by atoms with van der Waals surface area (Å²) in [6.45, 7) is 3.05. The van der Waals surface area contributed by atoms with Gasteiger partial charge in [0.25, 0.3) is 10.0 Å². The minimum absolute atomic E-state index is 0. The Labute approximate surface area is 199 Å². The van der Waals surface area contributed by atoms with E-state index in [4.69, 9.17) is 5.73 Å². The Hall–Kier alpha value is -1.83. The number of hydrogen-bond donors (Lipinski definition) is 3. The molecule has 1 saturated heterocycles. The van der Waals surface area contributed by atoms with Crippen molar-refractivity contribution < 1.29 is 17.6 Å². The third-order valence-electron chi connectivity index (χ3n) is 5.14. The van der Waals surface area contributed by atoms with Crippen LogP contribution < -0.4 is 15.8 Å². The zero-order valence-electron chi connectivity index (χ0n) is 16.9. The number of amides is 1. The number of thiophene rings is 1. The van der Waals surface area contributed by atoms with E-state index in [-0.39, 0.29) is 38.8 Å². The van der Waals surface area contributed by atoms with Crippen molar-refractivity contribution in [1.29, 1.82) is 0 Å². The standard InChI is InChI=1S/C19H22FN5O3S3.ClH/c20-16-13(24-31(27,28)15-2-1-11-29-15)3-4-14-17(16)30-19(22-14)23-18(26)12-5-8-25(9-6-12)10-7-21;/h1-4,11-12,24H,5-10,21H2,(H,22,23,26);1H. The molecule has 4 N–H and O–H groups in total. The number of carbonyl (C=O) groups excluding carboxylic acids is 1. The van der Waals surface area contributed by atoms with Crippen LogP contribution >= 0.6 is 35.1 Å². The van der Waals surface area contributed by atoms with Crippen LogP contribution in [-0.2, 0) is 14.8 Å². The van der Waals surface area contributed by atoms with Crippen molar-refractivity contribution in [2.45, 2.75) is 17.1 Å². The Balaban J connectivity index is 0.00000289. The highest BCUT2D eigenvalue weighted by Gasteiger charge is 2.26. The average molecular weight is 520 g/mol. The molecular weight excluding hydrogens is 497 g/mol. The number of halogens is 2. The van der Waals surface area contributed by atoms with Gasteiger partial charge >= 0.3 is 0 Å². The molecular formula is C19H23ClFN5O3S3. The largest absolute Gasteiger partial charge is 0.329 e. The summed E-state index contributed by atoms with van der Waals surface area (Å²) in [5, 5.41) is 4.71. The number of nitrogens with one attached hydrogen (secondary N) is 2. The zero-order chi connectivity index (χ0) is 22.0. The summed E-state index contributed by atoms with van der Waals surface area (Å²) in [6, 6.07) is 5.92. The van der Waals surface area contributed by atoms with Gasteiger partial charge in [-0.25, -0.2) is 17.8 Å². The number of thiazole rings is 1. The molecule has 1 aromatic carbocycles. The minimum Gasteiger partial charge on any atom is -0.329 e. The van der Waals surface area contributed by atoms with Crippen LogP contribution in [0.15, 0.2) is 33.9 Å². The predicted molar refractivity (Wildman–Crippen MR) is 129 cm³/mol. The van der Waals surface area contributed by atoms with Crippen LogP contribution in [0.5, 0.6) is 0 Å². The van der Waals surface area contributed by atoms with E-state index in [0.717, 1.165) is 55.1 Å². The average Bonchev–Trinajstić information content (AvgIpc) is 3.42. The third kappa shape index (κ3) is 5.38. The van der Waals surface area contributed by atoms with Crippen molar-refractivity contribution in [3.05, 3.63) is 35.5 Å². The van der Waals surface area contributed by atoms with Crippen LogP contribution in [0.25, 0.3) is 10.2 Å². The fraction of sp³-hybridized carbons (Fsp3) is 0.368. The van der Waals surface area contributed by atoms with E-state index in [9.17, 15) is 17.6 Å². The van der Waals surface area contributed by atoms with Gasteiger partial charge in [0.2, 0.25) is 5.91 Å². The Morgan fingerprint density at radius 2 is 2.03 bits per heavy atom. The molecule has 13 heteroatoms. The van der Waals surface area contributed by atoms with Crippen LogP contribution in [0, 0.1) is 11.7 Å². The molecule has 1 fully saturated rings. The first-order valence-electron chi connectivity index (χ1n) is 9.76. The number of piperidine rings is 1. The first-order valence-corrected chi connectivity index (χ1v) is 12.9. The molecule has 8 nitrogen and oxygen atoms in total. The number of benzene rings is 1. The number of fused-ring (bicyclic) bond motifs is 1. The summed E-state index contributed by atoms with van der Waals surface area (Å²) < 4.78 is 42.3. The van der Waals surface area contributed by atoms with Crippen molar-refractivity contribution in [2.75, 3.05) is 36.2 Å². The number of likely N-dealkylation sites (tertiary alicyclic amines) is 1. The summed E-state index contributed by atoms with van der Waals surface area (Å²) in [7, 11) is -3.87. The Morgan fingerprint density at radius 3 is 2.69 bits per heavy atom. The van der Waals surface area contributed by atoms with Crippen molar-refractivity contribution in [1.82, 2.24) is 9.88 Å². The molecule has 0 unspecified atom stereocenters. The molecule has 0 bridgehead atoms. The maximum atomic E-state index is 15.0. The molecule has 0 saturated carbocycles. The van der Waals surface area contributed by atoms with Gasteiger partial charge in [-0.3, -0.25) is 9.52 Å². The second-order valence-electron chi connectivity index (χ2n) is 7.23. The molecule has 1 aliphatic heterocycles. The predicted octanol–water partition coefficient (Wildman–Crippen LogP) is 3.33. The maximum absolute atomic E-state index is 15.0. The lowest BCUT2D eigenvalue weighted by Gasteiger charge is -2.30. The Kier molecular flexibility index (Phi) is 8.06. The quantitative estimate of drug-likeness (QED) is 0.441. The Morgan fingerprint density at radius 1 is 1.28 bits per heavy atom. The van der Waals surface area contributed by atoms with Gasteiger partial charge in [-0.2, -0.15) is 0 Å². The van der Waals surface area contributed by atoms with Crippen LogP contribution in [0.4, 0.5) is 15.2 Å². The third-order valence-corrected chi connectivity index (χ3v) is 8.88. The van der Waals surface area contributed by atoms with E-state index >= 15 is 0 Å². The molecule has 3 aromatic rings. The van der Waals surface area contributed by atoms with Crippen LogP contribution in [0.2, 0.25) is 0 Å². The van der Waals surface area contributed by atoms with Crippen molar-refractivity contribution in [3.63, 3.8) is 0 Å². The molecule has 4 rings (SSSR count). The number of aromatic nitrogens is 1. The number of hydrogen-bond acceptors (Lipinski definition) is 8. The van der Waals surface area contributed by atoms with E-state index in [1.165, 1.54) is 18.2 Å². The van der Waals surface area contributed by atoms with Gasteiger partial charge in [-0.05, 0) is 49.5 Å². The SMILES string of the molecule is Cl.NCCN1CCC(C(=O)Nc2nc3ccc(NS(=O)(=O)c4cccs4)c(F)c3s2)CC1. The van der Waals surface area contributed by atoms with Gasteiger partial charge in [0.05, 0.1) is 15.9 Å². The minimum atomic E-state index is -3.87. The molecule has 0 atom stereocenters. The van der Waals surface area contributed by atoms with Gasteiger partial charge in [0, 0.05) is 19.0 Å². The van der Waals surface area contributed by atoms with E-state index in [2.05, 4.69) is 19.9 Å². The normalized spacial score (nSPS) is 15.4. The second-order valence-corrected chi connectivity index (χ2v) is 11.1. The van der Waals surface area contributed by atoms with Crippen LogP contribution in [0.3, 0.4) is 0 Å². The summed E-state index contributed by atoms with van der Waals surface area (Å²) in [6.07, 6.45) is 1.47. The lowest BCUT2D eigenvalue weighted by atomic mass is 9.96. The van der Waals surface area contributed by atoms with Gasteiger partial charge in [-0.1, -0.05) is 17.4 Å². The number of nitrogens with zero attached hydrogens (tertiary/aromatic N) is 2. The first kappa shape index (κ1) is 24.8. The van der Waals surface area contributed by atoms with Gasteiger partial charge in [0.15, 0.2) is 10.9 Å². The summed E-state index contributed by atoms with van der Waals surface area (Å²) in [5.74, 6) is -0.977. The first-order chi connectivity index (χ1) is 14.9. The lowest BCUT2D eigenvalue weighted by molar-refractivity contribution is -0.121. The van der Waals surface area contributed by atoms with E-state index in [0.29, 0.717) is 17.2 Å². The van der Waals surface area contributed by atoms with Crippen molar-refractivity contribution in [3.8, 4) is 0 Å². The fourth-order valence-electron chi connectivity index (χ4n) is 3.51. The molecule has 0 radical (unpaired) electrons. The van der Waals surface area contributed by atoms with E-state index in [1.807, 2.05) is 0 Å². The van der Waals surface area contributed by atoms with Crippen LogP contribution in [-0.4, -0.2) is 50.4 Å². The number of anilines is 2. The highest BCUT2D eigenvalue weighted by atomic mass is 35.5. The van der Waals surface area contributed by atoms with Gasteiger partial charge in [-0.15, -0.1) is 23.7 Å². The summed E-state index contributed by atoms with van der Waals surface area (Å²) >= 11 is 2.03. The van der Waals surface area contributed by atoms with Crippen LogP contribution in [0.1, 0.15) is 12.8 Å². The number of carbonyl (C=O) groups is 1. The highest BCUT2D eigenvalue weighted by Crippen LogP contribution is 2.34. The molecule has 2 aromatic heterocycles. The molecule has 174 valence electrons. The lowest BCUT2D eigenvalue weighted by Crippen LogP contribution is -2.40. The molecule has 0 aliphatic carbocycles. The number of sulfonamides is 1. The highest BCUT2D eigenvalue weighted by molar-refractivity contribution is 7.94. The smallest absolute Gasteiger partial charge is 0.271 e. The van der Waals surface area contributed by atoms with Gasteiger partial charge < -0.3 is 16.0 Å². The number of nitrogens with two attached hydrogens (primary N) is 1. The summed E-state index contributed by atoms with van der Waals surface area (Å²) in [4.78, 5) is 19.1. The molecule has 3 heterocycles. The molecule has 0 spiro atoms. The fourth-order valence-corrected chi connectivity index (χ4v) is 6.47.